The van der Waals surface area contributed by atoms with Crippen LogP contribution in [-0.2, 0) is 6.54 Å². The van der Waals surface area contributed by atoms with E-state index in [2.05, 4.69) is 34.5 Å². The van der Waals surface area contributed by atoms with Crippen molar-refractivity contribution in [3.05, 3.63) is 42.2 Å². The molecule has 0 spiro atoms. The van der Waals surface area contributed by atoms with Crippen molar-refractivity contribution in [2.24, 2.45) is 0 Å². The summed E-state index contributed by atoms with van der Waals surface area (Å²) in [6.07, 6.45) is 5.74. The maximum absolute atomic E-state index is 4.52. The largest absolute Gasteiger partial charge is 0.309 e. The molecular weight excluding hydrogens is 262 g/mol. The van der Waals surface area contributed by atoms with Gasteiger partial charge in [-0.3, -0.25) is 0 Å². The van der Waals surface area contributed by atoms with Crippen molar-refractivity contribution in [2.45, 2.75) is 31.3 Å². The lowest BCUT2D eigenvalue weighted by Gasteiger charge is -2.47. The quantitative estimate of drug-likeness (QED) is 0.880. The van der Waals surface area contributed by atoms with Crippen molar-refractivity contribution in [1.82, 2.24) is 25.2 Å². The molecule has 5 nitrogen and oxygen atoms in total. The van der Waals surface area contributed by atoms with Gasteiger partial charge in [0.15, 0.2) is 0 Å². The van der Waals surface area contributed by atoms with Gasteiger partial charge in [-0.2, -0.15) is 15.0 Å². The van der Waals surface area contributed by atoms with Crippen molar-refractivity contribution in [3.63, 3.8) is 0 Å². The van der Waals surface area contributed by atoms with Crippen LogP contribution < -0.4 is 5.32 Å². The molecule has 0 unspecified atom stereocenters. The summed E-state index contributed by atoms with van der Waals surface area (Å²) in [5.41, 5.74) is 2.31. The lowest BCUT2D eigenvalue weighted by molar-refractivity contribution is 0.0597. The predicted molar refractivity (Wildman–Crippen MR) is 83.3 cm³/mol. The Hall–Kier alpha value is -1.72. The van der Waals surface area contributed by atoms with Crippen LogP contribution in [0.1, 0.15) is 25.0 Å². The number of benzene rings is 1. The van der Waals surface area contributed by atoms with E-state index in [1.54, 1.807) is 4.80 Å². The van der Waals surface area contributed by atoms with Crippen LogP contribution >= 0.6 is 0 Å². The Morgan fingerprint density at radius 1 is 1.24 bits per heavy atom. The average Bonchev–Trinajstić information content (AvgIpc) is 2.91. The number of likely N-dealkylation sites (N-methyl/N-ethyl adjacent to an activating group) is 1. The topological polar surface area (TPSA) is 46.0 Å². The summed E-state index contributed by atoms with van der Waals surface area (Å²) < 4.78 is 0. The number of aromatic nitrogens is 3. The zero-order valence-corrected chi connectivity index (χ0v) is 12.8. The summed E-state index contributed by atoms with van der Waals surface area (Å²) >= 11 is 0. The summed E-state index contributed by atoms with van der Waals surface area (Å²) in [4.78, 5) is 4.03. The van der Waals surface area contributed by atoms with E-state index in [0.717, 1.165) is 24.5 Å². The van der Waals surface area contributed by atoms with Crippen LogP contribution in [0.25, 0.3) is 5.69 Å². The van der Waals surface area contributed by atoms with E-state index >= 15 is 0 Å². The van der Waals surface area contributed by atoms with Gasteiger partial charge in [0, 0.05) is 18.6 Å². The number of nitrogens with one attached hydrogen (secondary N) is 1. The zero-order valence-electron chi connectivity index (χ0n) is 12.8. The Morgan fingerprint density at radius 3 is 2.62 bits per heavy atom. The van der Waals surface area contributed by atoms with E-state index in [-0.39, 0.29) is 0 Å². The summed E-state index contributed by atoms with van der Waals surface area (Å²) in [6, 6.07) is 10.00. The summed E-state index contributed by atoms with van der Waals surface area (Å²) in [6.45, 7) is 1.78. The first-order valence-corrected chi connectivity index (χ1v) is 7.54. The summed E-state index contributed by atoms with van der Waals surface area (Å²) in [5, 5.41) is 12.4. The second-order valence-electron chi connectivity index (χ2n) is 6.04. The van der Waals surface area contributed by atoms with E-state index in [4.69, 9.17) is 0 Å². The van der Waals surface area contributed by atoms with Crippen LogP contribution in [0.2, 0.25) is 0 Å². The normalized spacial score (nSPS) is 16.9. The van der Waals surface area contributed by atoms with Gasteiger partial charge in [0.2, 0.25) is 0 Å². The Morgan fingerprint density at radius 2 is 2.00 bits per heavy atom. The van der Waals surface area contributed by atoms with Gasteiger partial charge in [0.1, 0.15) is 0 Å². The number of para-hydroxylation sites is 1. The Kier molecular flexibility index (Phi) is 4.03. The third-order valence-electron chi connectivity index (χ3n) is 4.52. The lowest BCUT2D eigenvalue weighted by atomic mass is 9.75. The molecule has 3 rings (SSSR count). The third-order valence-corrected chi connectivity index (χ3v) is 4.52. The van der Waals surface area contributed by atoms with E-state index in [1.807, 2.05) is 36.5 Å². The second kappa shape index (κ2) is 5.95. The number of hydrogen-bond acceptors (Lipinski definition) is 4. The van der Waals surface area contributed by atoms with Crippen LogP contribution in [0.15, 0.2) is 36.5 Å². The van der Waals surface area contributed by atoms with Gasteiger partial charge in [-0.1, -0.05) is 18.2 Å². The highest BCUT2D eigenvalue weighted by molar-refractivity contribution is 5.28. The van der Waals surface area contributed by atoms with Gasteiger partial charge in [0.05, 0.1) is 17.6 Å². The SMILES string of the molecule is CN(C)C1(CNCc2cnn(-c3ccccc3)n2)CCC1. The Labute approximate surface area is 126 Å². The summed E-state index contributed by atoms with van der Waals surface area (Å²) in [5.74, 6) is 0. The van der Waals surface area contributed by atoms with Gasteiger partial charge >= 0.3 is 0 Å². The van der Waals surface area contributed by atoms with Gasteiger partial charge < -0.3 is 10.2 Å². The number of nitrogens with zero attached hydrogens (tertiary/aromatic N) is 4. The molecule has 1 N–H and O–H groups in total. The maximum atomic E-state index is 4.52. The van der Waals surface area contributed by atoms with Crippen molar-refractivity contribution in [1.29, 1.82) is 0 Å². The Bertz CT molecular complexity index is 571. The van der Waals surface area contributed by atoms with Crippen molar-refractivity contribution in [2.75, 3.05) is 20.6 Å². The highest BCUT2D eigenvalue weighted by atomic mass is 15.5. The molecule has 1 aromatic carbocycles. The molecule has 1 heterocycles. The van der Waals surface area contributed by atoms with Crippen molar-refractivity contribution < 1.29 is 0 Å². The minimum absolute atomic E-state index is 0.343. The molecule has 112 valence electrons. The molecule has 1 aliphatic carbocycles. The van der Waals surface area contributed by atoms with E-state index in [0.29, 0.717) is 5.54 Å². The standard InChI is InChI=1S/C16H23N5/c1-20(2)16(9-6-10-16)13-17-11-14-12-18-21(19-14)15-7-4-3-5-8-15/h3-5,7-8,12,17H,6,9-11,13H2,1-2H3. The van der Waals surface area contributed by atoms with Crippen LogP contribution in [-0.4, -0.2) is 46.1 Å². The maximum Gasteiger partial charge on any atom is 0.0969 e. The minimum Gasteiger partial charge on any atom is -0.309 e. The monoisotopic (exact) mass is 285 g/mol. The molecule has 1 fully saturated rings. The van der Waals surface area contributed by atoms with Crippen LogP contribution in [0, 0.1) is 0 Å². The van der Waals surface area contributed by atoms with Crippen molar-refractivity contribution in [3.8, 4) is 5.69 Å². The fourth-order valence-corrected chi connectivity index (χ4v) is 2.85. The molecule has 1 saturated carbocycles. The third kappa shape index (κ3) is 2.99. The molecular formula is C16H23N5. The molecule has 0 saturated heterocycles. The fraction of sp³-hybridized carbons (Fsp3) is 0.500. The van der Waals surface area contributed by atoms with Gasteiger partial charge in [0.25, 0.3) is 0 Å². The number of hydrogen-bond donors (Lipinski definition) is 1. The molecule has 0 radical (unpaired) electrons. The highest BCUT2D eigenvalue weighted by Gasteiger charge is 2.38. The molecule has 0 amide bonds. The highest BCUT2D eigenvalue weighted by Crippen LogP contribution is 2.35. The van der Waals surface area contributed by atoms with Crippen LogP contribution in [0.3, 0.4) is 0 Å². The smallest absolute Gasteiger partial charge is 0.0969 e. The molecule has 5 heteroatoms. The van der Waals surface area contributed by atoms with E-state index in [1.165, 1.54) is 19.3 Å². The van der Waals surface area contributed by atoms with Crippen LogP contribution in [0.5, 0.6) is 0 Å². The number of rotatable bonds is 6. The fourth-order valence-electron chi connectivity index (χ4n) is 2.85. The first-order valence-electron chi connectivity index (χ1n) is 7.54. The Balaban J connectivity index is 1.56. The summed E-state index contributed by atoms with van der Waals surface area (Å²) in [7, 11) is 4.35. The lowest BCUT2D eigenvalue weighted by Crippen LogP contribution is -2.56. The van der Waals surface area contributed by atoms with E-state index < -0.39 is 0 Å². The molecule has 1 aliphatic rings. The molecule has 2 aromatic rings. The van der Waals surface area contributed by atoms with Gasteiger partial charge in [-0.15, -0.1) is 0 Å². The molecule has 0 atom stereocenters. The van der Waals surface area contributed by atoms with Crippen molar-refractivity contribution >= 4 is 0 Å². The van der Waals surface area contributed by atoms with Gasteiger partial charge in [-0.25, -0.2) is 0 Å². The molecule has 21 heavy (non-hydrogen) atoms. The predicted octanol–water partition coefficient (Wildman–Crippen LogP) is 1.84. The van der Waals surface area contributed by atoms with E-state index in [9.17, 15) is 0 Å². The second-order valence-corrected chi connectivity index (χ2v) is 6.04. The zero-order chi connectivity index (χ0) is 14.7. The molecule has 1 aromatic heterocycles. The average molecular weight is 285 g/mol. The first kappa shape index (κ1) is 14.2. The van der Waals surface area contributed by atoms with Gasteiger partial charge in [-0.05, 0) is 45.5 Å². The van der Waals surface area contributed by atoms with Crippen LogP contribution in [0.4, 0.5) is 0 Å². The minimum atomic E-state index is 0.343. The molecule has 0 bridgehead atoms. The first-order chi connectivity index (χ1) is 10.2. The molecule has 0 aliphatic heterocycles.